The zero-order valence-corrected chi connectivity index (χ0v) is 20.4. The highest BCUT2D eigenvalue weighted by atomic mass is 32.2. The van der Waals surface area contributed by atoms with Crippen molar-refractivity contribution in [1.82, 2.24) is 24.1 Å². The first kappa shape index (κ1) is 22.0. The highest BCUT2D eigenvalue weighted by molar-refractivity contribution is 7.89. The molecule has 0 atom stereocenters. The lowest BCUT2D eigenvalue weighted by atomic mass is 9.89. The van der Waals surface area contributed by atoms with Crippen molar-refractivity contribution in [2.45, 2.75) is 32.7 Å². The summed E-state index contributed by atoms with van der Waals surface area (Å²) in [5.41, 5.74) is 4.37. The quantitative estimate of drug-likeness (QED) is 0.420. The van der Waals surface area contributed by atoms with E-state index in [1.165, 1.54) is 5.56 Å². The first-order valence-corrected chi connectivity index (χ1v) is 13.4. The molecular formula is C23H26N6O2S2. The Bertz CT molecular complexity index is 1400. The fourth-order valence-corrected chi connectivity index (χ4v) is 6.19. The van der Waals surface area contributed by atoms with Crippen LogP contribution in [0.4, 0.5) is 11.6 Å². The van der Waals surface area contributed by atoms with E-state index in [2.05, 4.69) is 29.2 Å². The summed E-state index contributed by atoms with van der Waals surface area (Å²) in [6, 6.07) is 10.1. The van der Waals surface area contributed by atoms with E-state index in [9.17, 15) is 8.42 Å². The van der Waals surface area contributed by atoms with Gasteiger partial charge >= 0.3 is 0 Å². The summed E-state index contributed by atoms with van der Waals surface area (Å²) >= 11 is 1.60. The summed E-state index contributed by atoms with van der Waals surface area (Å²) in [4.78, 5) is 9.49. The van der Waals surface area contributed by atoms with E-state index in [1.807, 2.05) is 52.8 Å². The van der Waals surface area contributed by atoms with Crippen molar-refractivity contribution < 1.29 is 8.42 Å². The third-order valence-corrected chi connectivity index (χ3v) is 9.00. The lowest BCUT2D eigenvalue weighted by Crippen LogP contribution is -2.64. The molecule has 0 radical (unpaired) electrons. The molecule has 8 nitrogen and oxygen atoms in total. The Morgan fingerprint density at radius 2 is 1.88 bits per heavy atom. The second kappa shape index (κ2) is 8.19. The normalized spacial score (nSPS) is 16.1. The second-order valence-corrected chi connectivity index (χ2v) is 11.6. The largest absolute Gasteiger partial charge is 0.324 e. The standard InChI is InChI=1S/C23H26N6O2S2/c1-4-23(14-28(15-23)33(30,31)5-2)29-13-17(12-24-29)20-21-19(10-11-32-21)26-22(27-20)25-18-8-6-16(3)7-9-18/h6-13H,4-5,14-15H2,1-3H3,(H,25,26,27). The third-order valence-electron chi connectivity index (χ3n) is 6.31. The van der Waals surface area contributed by atoms with Crippen LogP contribution in [0.2, 0.25) is 0 Å². The predicted molar refractivity (Wildman–Crippen MR) is 132 cm³/mol. The Morgan fingerprint density at radius 3 is 2.58 bits per heavy atom. The smallest absolute Gasteiger partial charge is 0.228 e. The molecule has 0 saturated carbocycles. The molecule has 172 valence electrons. The van der Waals surface area contributed by atoms with Gasteiger partial charge in [0.05, 0.1) is 33.4 Å². The Balaban J connectivity index is 1.48. The van der Waals surface area contributed by atoms with Crippen LogP contribution in [0.15, 0.2) is 48.1 Å². The summed E-state index contributed by atoms with van der Waals surface area (Å²) in [7, 11) is -3.19. The average Bonchev–Trinajstić information content (AvgIpc) is 3.44. The molecule has 0 aliphatic carbocycles. The van der Waals surface area contributed by atoms with Crippen molar-refractivity contribution in [3.63, 3.8) is 0 Å². The Hall–Kier alpha value is -2.82. The molecule has 5 rings (SSSR count). The number of sulfonamides is 1. The molecule has 1 aromatic carbocycles. The van der Waals surface area contributed by atoms with Gasteiger partial charge in [-0.3, -0.25) is 4.68 Å². The van der Waals surface area contributed by atoms with Gasteiger partial charge in [0, 0.05) is 30.5 Å². The summed E-state index contributed by atoms with van der Waals surface area (Å²) in [5, 5.41) is 9.95. The maximum atomic E-state index is 12.2. The van der Waals surface area contributed by atoms with Crippen LogP contribution in [0.1, 0.15) is 25.8 Å². The second-order valence-electron chi connectivity index (χ2n) is 8.44. The first-order chi connectivity index (χ1) is 15.8. The molecule has 1 saturated heterocycles. The Labute approximate surface area is 197 Å². The van der Waals surface area contributed by atoms with E-state index in [1.54, 1.807) is 22.6 Å². The molecule has 3 aromatic heterocycles. The minimum Gasteiger partial charge on any atom is -0.324 e. The molecule has 0 unspecified atom stereocenters. The van der Waals surface area contributed by atoms with Gasteiger partial charge in [-0.1, -0.05) is 24.6 Å². The average molecular weight is 483 g/mol. The molecule has 4 heterocycles. The summed E-state index contributed by atoms with van der Waals surface area (Å²) in [6.45, 7) is 6.69. The van der Waals surface area contributed by atoms with Crippen molar-refractivity contribution in [2.75, 3.05) is 24.2 Å². The number of anilines is 2. The fourth-order valence-electron chi connectivity index (χ4n) is 4.11. The topological polar surface area (TPSA) is 93.0 Å². The van der Waals surface area contributed by atoms with Crippen LogP contribution in [0, 0.1) is 6.92 Å². The minimum atomic E-state index is -3.19. The number of fused-ring (bicyclic) bond motifs is 1. The summed E-state index contributed by atoms with van der Waals surface area (Å²) < 4.78 is 28.9. The van der Waals surface area contributed by atoms with Crippen molar-refractivity contribution in [2.24, 2.45) is 0 Å². The lowest BCUT2D eigenvalue weighted by molar-refractivity contribution is 0.0634. The number of aryl methyl sites for hydroxylation is 1. The van der Waals surface area contributed by atoms with Crippen molar-refractivity contribution in [3.05, 3.63) is 53.7 Å². The van der Waals surface area contributed by atoms with Crippen LogP contribution in [0.3, 0.4) is 0 Å². The zero-order chi connectivity index (χ0) is 23.2. The van der Waals surface area contributed by atoms with Crippen molar-refractivity contribution in [3.8, 4) is 11.3 Å². The fraction of sp³-hybridized carbons (Fsp3) is 0.348. The van der Waals surface area contributed by atoms with E-state index in [4.69, 9.17) is 4.98 Å². The monoisotopic (exact) mass is 482 g/mol. The van der Waals surface area contributed by atoms with Gasteiger partial charge in [0.1, 0.15) is 0 Å². The molecule has 0 amide bonds. The molecular weight excluding hydrogens is 456 g/mol. The molecule has 1 aliphatic heterocycles. The van der Waals surface area contributed by atoms with Crippen molar-refractivity contribution in [1.29, 1.82) is 0 Å². The number of benzene rings is 1. The molecule has 0 spiro atoms. The Kier molecular flexibility index (Phi) is 5.46. The number of hydrogen-bond donors (Lipinski definition) is 1. The van der Waals surface area contributed by atoms with Gasteiger partial charge in [-0.2, -0.15) is 9.40 Å². The number of thiophene rings is 1. The van der Waals surface area contributed by atoms with Crippen LogP contribution in [-0.2, 0) is 15.6 Å². The van der Waals surface area contributed by atoms with Gasteiger partial charge in [0.2, 0.25) is 16.0 Å². The molecule has 0 bridgehead atoms. The number of nitrogens with one attached hydrogen (secondary N) is 1. The molecule has 1 N–H and O–H groups in total. The van der Waals surface area contributed by atoms with Crippen LogP contribution < -0.4 is 5.32 Å². The van der Waals surface area contributed by atoms with Gasteiger partial charge in [0.15, 0.2) is 0 Å². The summed E-state index contributed by atoms with van der Waals surface area (Å²) in [5.74, 6) is 0.646. The van der Waals surface area contributed by atoms with E-state index < -0.39 is 10.0 Å². The third kappa shape index (κ3) is 3.92. The molecule has 1 aliphatic rings. The van der Waals surface area contributed by atoms with Gasteiger partial charge in [-0.05, 0) is 43.8 Å². The molecule has 1 fully saturated rings. The minimum absolute atomic E-state index is 0.116. The maximum Gasteiger partial charge on any atom is 0.228 e. The van der Waals surface area contributed by atoms with E-state index in [-0.39, 0.29) is 11.3 Å². The van der Waals surface area contributed by atoms with E-state index >= 15 is 0 Å². The Morgan fingerprint density at radius 1 is 1.12 bits per heavy atom. The van der Waals surface area contributed by atoms with Gasteiger partial charge < -0.3 is 5.32 Å². The van der Waals surface area contributed by atoms with Crippen molar-refractivity contribution >= 4 is 43.2 Å². The number of hydrogen-bond acceptors (Lipinski definition) is 7. The van der Waals surface area contributed by atoms with E-state index in [0.717, 1.165) is 33.6 Å². The molecule has 10 heteroatoms. The lowest BCUT2D eigenvalue weighted by Gasteiger charge is -2.48. The van der Waals surface area contributed by atoms with Crippen LogP contribution in [-0.4, -0.2) is 51.3 Å². The first-order valence-electron chi connectivity index (χ1n) is 11.0. The van der Waals surface area contributed by atoms with Gasteiger partial charge in [-0.15, -0.1) is 11.3 Å². The number of aromatic nitrogens is 4. The van der Waals surface area contributed by atoms with E-state index in [0.29, 0.717) is 19.0 Å². The number of nitrogens with zero attached hydrogens (tertiary/aromatic N) is 5. The van der Waals surface area contributed by atoms with Crippen LogP contribution >= 0.6 is 11.3 Å². The summed E-state index contributed by atoms with van der Waals surface area (Å²) in [6.07, 6.45) is 4.59. The highest BCUT2D eigenvalue weighted by Crippen LogP contribution is 2.37. The van der Waals surface area contributed by atoms with Gasteiger partial charge in [-0.25, -0.2) is 18.4 Å². The zero-order valence-electron chi connectivity index (χ0n) is 18.8. The van der Waals surface area contributed by atoms with Crippen LogP contribution in [0.25, 0.3) is 21.5 Å². The van der Waals surface area contributed by atoms with Crippen LogP contribution in [0.5, 0.6) is 0 Å². The number of rotatable bonds is 7. The van der Waals surface area contributed by atoms with Gasteiger partial charge in [0.25, 0.3) is 0 Å². The maximum absolute atomic E-state index is 12.2. The predicted octanol–water partition coefficient (Wildman–Crippen LogP) is 4.38. The molecule has 33 heavy (non-hydrogen) atoms. The highest BCUT2D eigenvalue weighted by Gasteiger charge is 2.48. The molecule has 4 aromatic rings. The SMILES string of the molecule is CCC1(n2cc(-c3nc(Nc4ccc(C)cc4)nc4ccsc34)cn2)CN(S(=O)(=O)CC)C1.